The van der Waals surface area contributed by atoms with E-state index in [9.17, 15) is 13.2 Å². The van der Waals surface area contributed by atoms with Crippen molar-refractivity contribution in [3.63, 3.8) is 0 Å². The molecule has 130 valence electrons. The summed E-state index contributed by atoms with van der Waals surface area (Å²) in [7, 11) is 0. The summed E-state index contributed by atoms with van der Waals surface area (Å²) in [5.74, 6) is -0.365. The topological polar surface area (TPSA) is 43.6 Å². The highest BCUT2D eigenvalue weighted by molar-refractivity contribution is 5.19. The van der Waals surface area contributed by atoms with E-state index in [0.29, 0.717) is 25.2 Å². The molecule has 0 unspecified atom stereocenters. The van der Waals surface area contributed by atoms with Gasteiger partial charge in [-0.1, -0.05) is 0 Å². The third-order valence-electron chi connectivity index (χ3n) is 4.63. The molecule has 1 aliphatic carbocycles. The summed E-state index contributed by atoms with van der Waals surface area (Å²) >= 11 is 0. The van der Waals surface area contributed by atoms with Gasteiger partial charge in [0.15, 0.2) is 0 Å². The number of nitrogens with zero attached hydrogens (tertiary/aromatic N) is 4. The maximum absolute atomic E-state index is 12.8. The van der Waals surface area contributed by atoms with Gasteiger partial charge in [-0.3, -0.25) is 0 Å². The minimum Gasteiger partial charge on any atom is -0.216 e. The van der Waals surface area contributed by atoms with E-state index >= 15 is 0 Å². The van der Waals surface area contributed by atoms with Gasteiger partial charge in [0.1, 0.15) is 0 Å². The lowest BCUT2D eigenvalue weighted by atomic mass is 9.79. The summed E-state index contributed by atoms with van der Waals surface area (Å²) in [5.41, 5.74) is 2.60. The summed E-state index contributed by atoms with van der Waals surface area (Å²) in [5, 5.41) is 4.31. The molecule has 2 aromatic rings. The summed E-state index contributed by atoms with van der Waals surface area (Å²) in [6.45, 7) is 3.79. The molecule has 1 saturated carbocycles. The van der Waals surface area contributed by atoms with Gasteiger partial charge in [-0.25, -0.2) is 14.6 Å². The van der Waals surface area contributed by atoms with Crippen molar-refractivity contribution in [2.24, 2.45) is 11.8 Å². The lowest BCUT2D eigenvalue weighted by molar-refractivity contribution is -0.183. The Kier molecular flexibility index (Phi) is 4.60. The molecule has 3 rings (SSSR count). The van der Waals surface area contributed by atoms with E-state index in [1.54, 1.807) is 4.68 Å². The molecule has 24 heavy (non-hydrogen) atoms. The van der Waals surface area contributed by atoms with E-state index in [1.807, 2.05) is 32.2 Å². The van der Waals surface area contributed by atoms with Crippen LogP contribution in [0.4, 0.5) is 13.2 Å². The molecule has 0 atom stereocenters. The van der Waals surface area contributed by atoms with Crippen molar-refractivity contribution >= 4 is 0 Å². The van der Waals surface area contributed by atoms with E-state index in [1.165, 1.54) is 0 Å². The van der Waals surface area contributed by atoms with Crippen LogP contribution < -0.4 is 0 Å². The summed E-state index contributed by atoms with van der Waals surface area (Å²) in [4.78, 5) is 8.94. The first kappa shape index (κ1) is 16.9. The Morgan fingerprint density at radius 2 is 1.79 bits per heavy atom. The Morgan fingerprint density at radius 1 is 1.08 bits per heavy atom. The SMILES string of the molecule is Cc1cc(CC2CCC(C(F)(F)F)CC2)nc(-n2ccc(C)n2)n1. The molecule has 0 amide bonds. The summed E-state index contributed by atoms with van der Waals surface area (Å²) < 4.78 is 39.9. The average Bonchev–Trinajstić information content (AvgIpc) is 2.93. The molecule has 1 fully saturated rings. The quantitative estimate of drug-likeness (QED) is 0.843. The molecule has 0 aliphatic heterocycles. The molecule has 4 nitrogen and oxygen atoms in total. The van der Waals surface area contributed by atoms with Crippen LogP contribution in [0.2, 0.25) is 0 Å². The van der Waals surface area contributed by atoms with Gasteiger partial charge < -0.3 is 0 Å². The lowest BCUT2D eigenvalue weighted by Gasteiger charge is -2.29. The molecule has 0 saturated heterocycles. The first-order valence-electron chi connectivity index (χ1n) is 8.25. The second-order valence-electron chi connectivity index (χ2n) is 6.67. The molecule has 2 heterocycles. The Bertz CT molecular complexity index is 700. The van der Waals surface area contributed by atoms with Crippen LogP contribution in [-0.2, 0) is 6.42 Å². The number of rotatable bonds is 3. The van der Waals surface area contributed by atoms with Gasteiger partial charge in [-0.2, -0.15) is 18.3 Å². The Hall–Kier alpha value is -1.92. The molecule has 0 spiro atoms. The fraction of sp³-hybridized carbons (Fsp3) is 0.588. The van der Waals surface area contributed by atoms with Crippen molar-refractivity contribution in [1.82, 2.24) is 19.7 Å². The van der Waals surface area contributed by atoms with Crippen LogP contribution in [0.25, 0.3) is 5.95 Å². The number of hydrogen-bond acceptors (Lipinski definition) is 3. The smallest absolute Gasteiger partial charge is 0.216 e. The number of aryl methyl sites for hydroxylation is 2. The van der Waals surface area contributed by atoms with Gasteiger partial charge >= 0.3 is 6.18 Å². The van der Waals surface area contributed by atoms with Crippen LogP contribution in [-0.4, -0.2) is 25.9 Å². The number of hydrogen-bond donors (Lipinski definition) is 0. The first-order valence-corrected chi connectivity index (χ1v) is 8.25. The highest BCUT2D eigenvalue weighted by Gasteiger charge is 2.41. The Morgan fingerprint density at radius 3 is 2.38 bits per heavy atom. The predicted octanol–water partition coefficient (Wildman–Crippen LogP) is 4.19. The molecule has 1 aliphatic rings. The number of alkyl halides is 3. The maximum atomic E-state index is 12.8. The van der Waals surface area contributed by atoms with Gasteiger partial charge in [0.05, 0.1) is 11.6 Å². The molecule has 0 bridgehead atoms. The largest absolute Gasteiger partial charge is 0.391 e. The van der Waals surface area contributed by atoms with Crippen LogP contribution in [0, 0.1) is 25.7 Å². The molecule has 7 heteroatoms. The standard InChI is InChI=1S/C17H21F3N4/c1-11-7-8-24(23-11)16-21-12(2)9-15(22-16)10-13-3-5-14(6-4-13)17(18,19)20/h7-9,13-14H,3-6,10H2,1-2H3. The second-order valence-corrected chi connectivity index (χ2v) is 6.67. The van der Waals surface area contributed by atoms with Gasteiger partial charge in [0.25, 0.3) is 5.95 Å². The molecule has 0 N–H and O–H groups in total. The van der Waals surface area contributed by atoms with Gasteiger partial charge in [0, 0.05) is 17.6 Å². The zero-order valence-electron chi connectivity index (χ0n) is 13.8. The van der Waals surface area contributed by atoms with Crippen molar-refractivity contribution in [2.75, 3.05) is 0 Å². The Balaban J connectivity index is 1.69. The van der Waals surface area contributed by atoms with E-state index in [-0.39, 0.29) is 18.8 Å². The zero-order chi connectivity index (χ0) is 17.3. The third-order valence-corrected chi connectivity index (χ3v) is 4.63. The van der Waals surface area contributed by atoms with Crippen LogP contribution in [0.3, 0.4) is 0 Å². The van der Waals surface area contributed by atoms with Crippen molar-refractivity contribution in [2.45, 2.75) is 52.1 Å². The number of halogens is 3. The van der Waals surface area contributed by atoms with E-state index in [4.69, 9.17) is 0 Å². The molecule has 0 aromatic carbocycles. The highest BCUT2D eigenvalue weighted by Crippen LogP contribution is 2.40. The minimum atomic E-state index is -4.05. The van der Waals surface area contributed by atoms with Gasteiger partial charge in [0.2, 0.25) is 0 Å². The van der Waals surface area contributed by atoms with E-state index in [0.717, 1.165) is 17.1 Å². The normalized spacial score (nSPS) is 21.9. The lowest BCUT2D eigenvalue weighted by Crippen LogP contribution is -2.28. The second kappa shape index (κ2) is 6.53. The van der Waals surface area contributed by atoms with Crippen LogP contribution in [0.15, 0.2) is 18.3 Å². The number of aromatic nitrogens is 4. The van der Waals surface area contributed by atoms with E-state index < -0.39 is 12.1 Å². The van der Waals surface area contributed by atoms with Crippen molar-refractivity contribution < 1.29 is 13.2 Å². The fourth-order valence-electron chi connectivity index (χ4n) is 3.34. The highest BCUT2D eigenvalue weighted by atomic mass is 19.4. The predicted molar refractivity (Wildman–Crippen MR) is 83.8 cm³/mol. The average molecular weight is 338 g/mol. The summed E-state index contributed by atoms with van der Waals surface area (Å²) in [6, 6.07) is 3.79. The first-order chi connectivity index (χ1) is 11.3. The van der Waals surface area contributed by atoms with Crippen LogP contribution in [0.1, 0.15) is 42.8 Å². The van der Waals surface area contributed by atoms with Crippen LogP contribution in [0.5, 0.6) is 0 Å². The van der Waals surface area contributed by atoms with Gasteiger partial charge in [-0.05, 0) is 64.0 Å². The van der Waals surface area contributed by atoms with E-state index in [2.05, 4.69) is 15.1 Å². The van der Waals surface area contributed by atoms with Crippen LogP contribution >= 0.6 is 0 Å². The van der Waals surface area contributed by atoms with Crippen molar-refractivity contribution in [1.29, 1.82) is 0 Å². The molecule has 0 radical (unpaired) electrons. The fourth-order valence-corrected chi connectivity index (χ4v) is 3.34. The third kappa shape index (κ3) is 3.94. The monoisotopic (exact) mass is 338 g/mol. The Labute approximate surface area is 139 Å². The molecular formula is C17H21F3N4. The zero-order valence-corrected chi connectivity index (χ0v) is 13.8. The van der Waals surface area contributed by atoms with Gasteiger partial charge in [-0.15, -0.1) is 0 Å². The molecule has 2 aromatic heterocycles. The van der Waals surface area contributed by atoms with Crippen molar-refractivity contribution in [3.8, 4) is 5.95 Å². The maximum Gasteiger partial charge on any atom is 0.391 e. The minimum absolute atomic E-state index is 0.226. The van der Waals surface area contributed by atoms with Crippen molar-refractivity contribution in [3.05, 3.63) is 35.4 Å². The molecular weight excluding hydrogens is 317 g/mol. The summed E-state index contributed by atoms with van der Waals surface area (Å²) in [6.07, 6.45) is 0.102.